The van der Waals surface area contributed by atoms with Crippen molar-refractivity contribution in [1.29, 1.82) is 0 Å². The molecule has 0 atom stereocenters. The molecule has 0 aliphatic carbocycles. The zero-order valence-electron chi connectivity index (χ0n) is 14.5. The maximum atomic E-state index is 12.7. The molecule has 1 aromatic carbocycles. The molecule has 0 N–H and O–H groups in total. The summed E-state index contributed by atoms with van der Waals surface area (Å²) in [5.74, 6) is 0.442. The molecule has 0 bridgehead atoms. The molecule has 3 aromatic rings. The van der Waals surface area contributed by atoms with Gasteiger partial charge in [0.05, 0.1) is 22.9 Å². The summed E-state index contributed by atoms with van der Waals surface area (Å²) in [5.41, 5.74) is 2.76. The number of piperidine rings is 1. The van der Waals surface area contributed by atoms with Gasteiger partial charge in [0.2, 0.25) is 5.88 Å². The van der Waals surface area contributed by atoms with Crippen LogP contribution in [0.5, 0.6) is 5.88 Å². The Kier molecular flexibility index (Phi) is 4.43. The lowest BCUT2D eigenvalue weighted by Gasteiger charge is -2.31. The fraction of sp³-hybridized carbons (Fsp3) is 0.316. The van der Waals surface area contributed by atoms with E-state index in [4.69, 9.17) is 4.74 Å². The van der Waals surface area contributed by atoms with Gasteiger partial charge in [-0.3, -0.25) is 9.78 Å². The molecule has 3 heterocycles. The molecule has 1 aliphatic heterocycles. The lowest BCUT2D eigenvalue weighted by Crippen LogP contribution is -2.42. The number of fused-ring (bicyclic) bond motifs is 1. The first-order valence-electron chi connectivity index (χ1n) is 8.67. The normalized spacial score (nSPS) is 15.2. The molecule has 7 nitrogen and oxygen atoms in total. The standard InChI is InChI=1S/C19H19N5O2/c1-13-6-7-18(23-22-13)26-14-8-10-24(11-9-14)19(25)17-12-20-15-4-2-3-5-16(15)21-17/h2-7,12,14H,8-11H2,1H3. The second kappa shape index (κ2) is 7.03. The van der Waals surface area contributed by atoms with Crippen LogP contribution in [0.1, 0.15) is 29.0 Å². The van der Waals surface area contributed by atoms with Gasteiger partial charge in [-0.15, -0.1) is 5.10 Å². The molecule has 0 saturated carbocycles. The van der Waals surface area contributed by atoms with Crippen molar-refractivity contribution in [3.63, 3.8) is 0 Å². The first-order valence-corrected chi connectivity index (χ1v) is 8.67. The van der Waals surface area contributed by atoms with Crippen LogP contribution in [0.25, 0.3) is 11.0 Å². The van der Waals surface area contributed by atoms with Crippen LogP contribution in [0, 0.1) is 6.92 Å². The van der Waals surface area contributed by atoms with Crippen molar-refractivity contribution in [1.82, 2.24) is 25.1 Å². The number of para-hydroxylation sites is 2. The molecule has 1 aliphatic rings. The highest BCUT2D eigenvalue weighted by molar-refractivity contribution is 5.93. The monoisotopic (exact) mass is 349 g/mol. The molecule has 0 spiro atoms. The number of aromatic nitrogens is 4. The summed E-state index contributed by atoms with van der Waals surface area (Å²) in [6.45, 7) is 3.13. The van der Waals surface area contributed by atoms with Gasteiger partial charge < -0.3 is 9.64 Å². The van der Waals surface area contributed by atoms with Gasteiger partial charge in [0.1, 0.15) is 11.8 Å². The van der Waals surface area contributed by atoms with E-state index in [2.05, 4.69) is 20.2 Å². The Balaban J connectivity index is 1.38. The molecule has 1 fully saturated rings. The van der Waals surface area contributed by atoms with Crippen LogP contribution in [0.4, 0.5) is 0 Å². The number of ether oxygens (including phenoxy) is 1. The number of nitrogens with zero attached hydrogens (tertiary/aromatic N) is 5. The highest BCUT2D eigenvalue weighted by Gasteiger charge is 2.26. The highest BCUT2D eigenvalue weighted by Crippen LogP contribution is 2.18. The van der Waals surface area contributed by atoms with Gasteiger partial charge in [0, 0.05) is 32.0 Å². The Morgan fingerprint density at radius 2 is 1.85 bits per heavy atom. The lowest BCUT2D eigenvalue weighted by molar-refractivity contribution is 0.0580. The van der Waals surface area contributed by atoms with Crippen LogP contribution in [0.2, 0.25) is 0 Å². The largest absolute Gasteiger partial charge is 0.473 e. The van der Waals surface area contributed by atoms with Crippen LogP contribution >= 0.6 is 0 Å². The Morgan fingerprint density at radius 1 is 1.08 bits per heavy atom. The van der Waals surface area contributed by atoms with Gasteiger partial charge in [-0.2, -0.15) is 5.10 Å². The smallest absolute Gasteiger partial charge is 0.274 e. The summed E-state index contributed by atoms with van der Waals surface area (Å²) in [4.78, 5) is 23.3. The van der Waals surface area contributed by atoms with Crippen LogP contribution in [-0.2, 0) is 0 Å². The number of carbonyl (C=O) groups excluding carboxylic acids is 1. The van der Waals surface area contributed by atoms with Crippen molar-refractivity contribution in [3.05, 3.63) is 54.0 Å². The minimum Gasteiger partial charge on any atom is -0.473 e. The SMILES string of the molecule is Cc1ccc(OC2CCN(C(=O)c3cnc4ccccc4n3)CC2)nn1. The van der Waals surface area contributed by atoms with Crippen molar-refractivity contribution in [2.75, 3.05) is 13.1 Å². The van der Waals surface area contributed by atoms with Crippen molar-refractivity contribution in [2.24, 2.45) is 0 Å². The van der Waals surface area contributed by atoms with Crippen molar-refractivity contribution in [3.8, 4) is 5.88 Å². The summed E-state index contributed by atoms with van der Waals surface area (Å²) >= 11 is 0. The summed E-state index contributed by atoms with van der Waals surface area (Å²) in [6.07, 6.45) is 3.10. The maximum Gasteiger partial charge on any atom is 0.274 e. The Morgan fingerprint density at radius 3 is 2.58 bits per heavy atom. The molecular formula is C19H19N5O2. The minimum absolute atomic E-state index is 0.0405. The molecule has 1 saturated heterocycles. The van der Waals surface area contributed by atoms with Gasteiger partial charge in [0.25, 0.3) is 5.91 Å². The summed E-state index contributed by atoms with van der Waals surface area (Å²) in [6, 6.07) is 11.2. The van der Waals surface area contributed by atoms with Crippen LogP contribution in [0.3, 0.4) is 0 Å². The van der Waals surface area contributed by atoms with E-state index in [9.17, 15) is 4.79 Å². The first-order chi connectivity index (χ1) is 12.7. The number of hydrogen-bond acceptors (Lipinski definition) is 6. The fourth-order valence-electron chi connectivity index (χ4n) is 3.02. The van der Waals surface area contributed by atoms with E-state index in [-0.39, 0.29) is 12.0 Å². The second-order valence-corrected chi connectivity index (χ2v) is 6.37. The molecule has 0 radical (unpaired) electrons. The zero-order valence-corrected chi connectivity index (χ0v) is 14.5. The number of hydrogen-bond donors (Lipinski definition) is 0. The molecule has 4 rings (SSSR count). The first kappa shape index (κ1) is 16.4. The molecule has 7 heteroatoms. The van der Waals surface area contributed by atoms with E-state index in [1.165, 1.54) is 0 Å². The van der Waals surface area contributed by atoms with Crippen LogP contribution in [-0.4, -0.2) is 50.2 Å². The number of rotatable bonds is 3. The number of carbonyl (C=O) groups is 1. The van der Waals surface area contributed by atoms with E-state index in [0.29, 0.717) is 24.7 Å². The zero-order chi connectivity index (χ0) is 17.9. The average molecular weight is 349 g/mol. The van der Waals surface area contributed by atoms with Crippen LogP contribution in [0.15, 0.2) is 42.6 Å². The van der Waals surface area contributed by atoms with Crippen LogP contribution < -0.4 is 4.74 Å². The predicted molar refractivity (Wildman–Crippen MR) is 95.9 cm³/mol. The maximum absolute atomic E-state index is 12.7. The Hall–Kier alpha value is -3.09. The van der Waals surface area contributed by atoms with E-state index < -0.39 is 0 Å². The van der Waals surface area contributed by atoms with Gasteiger partial charge in [-0.1, -0.05) is 12.1 Å². The Bertz CT molecular complexity index is 921. The summed E-state index contributed by atoms with van der Waals surface area (Å²) in [5, 5.41) is 8.03. The quantitative estimate of drug-likeness (QED) is 0.722. The van der Waals surface area contributed by atoms with E-state index >= 15 is 0 Å². The summed E-state index contributed by atoms with van der Waals surface area (Å²) < 4.78 is 5.86. The topological polar surface area (TPSA) is 81.1 Å². The van der Waals surface area contributed by atoms with Crippen molar-refractivity contribution < 1.29 is 9.53 Å². The molecule has 0 unspecified atom stereocenters. The van der Waals surface area contributed by atoms with Crippen molar-refractivity contribution in [2.45, 2.75) is 25.9 Å². The third kappa shape index (κ3) is 3.46. The third-order valence-electron chi connectivity index (χ3n) is 4.46. The van der Waals surface area contributed by atoms with Gasteiger partial charge in [0.15, 0.2) is 0 Å². The lowest BCUT2D eigenvalue weighted by atomic mass is 10.1. The second-order valence-electron chi connectivity index (χ2n) is 6.37. The minimum atomic E-state index is -0.0863. The fourth-order valence-corrected chi connectivity index (χ4v) is 3.02. The number of likely N-dealkylation sites (tertiary alicyclic amines) is 1. The Labute approximate surface area is 151 Å². The van der Waals surface area contributed by atoms with Crippen molar-refractivity contribution >= 4 is 16.9 Å². The molecule has 26 heavy (non-hydrogen) atoms. The van der Waals surface area contributed by atoms with Gasteiger partial charge in [-0.05, 0) is 25.1 Å². The third-order valence-corrected chi connectivity index (χ3v) is 4.46. The van der Waals surface area contributed by atoms with E-state index in [1.807, 2.05) is 43.3 Å². The predicted octanol–water partition coefficient (Wildman–Crippen LogP) is 2.41. The number of aryl methyl sites for hydroxylation is 1. The van der Waals surface area contributed by atoms with E-state index in [0.717, 1.165) is 29.6 Å². The average Bonchev–Trinajstić information content (AvgIpc) is 2.69. The number of amides is 1. The molecule has 132 valence electrons. The summed E-state index contributed by atoms with van der Waals surface area (Å²) in [7, 11) is 0. The van der Waals surface area contributed by atoms with Gasteiger partial charge >= 0.3 is 0 Å². The molecular weight excluding hydrogens is 330 g/mol. The highest BCUT2D eigenvalue weighted by atomic mass is 16.5. The molecule has 1 amide bonds. The molecule has 2 aromatic heterocycles. The number of benzene rings is 1. The van der Waals surface area contributed by atoms with Gasteiger partial charge in [-0.25, -0.2) is 4.98 Å². The van der Waals surface area contributed by atoms with E-state index in [1.54, 1.807) is 11.1 Å².